The molecule has 0 atom stereocenters. The van der Waals surface area contributed by atoms with Gasteiger partial charge in [0.05, 0.1) is 26.3 Å². The first kappa shape index (κ1) is 26.5. The number of amides is 1. The molecule has 0 spiro atoms. The minimum Gasteiger partial charge on any atom is -0.496 e. The van der Waals surface area contributed by atoms with Gasteiger partial charge in [-0.1, -0.05) is 50.5 Å². The zero-order chi connectivity index (χ0) is 26.4. The average Bonchev–Trinajstić information content (AvgIpc) is 3.56. The van der Waals surface area contributed by atoms with E-state index in [0.29, 0.717) is 35.9 Å². The summed E-state index contributed by atoms with van der Waals surface area (Å²) in [7, 11) is 2.97. The molecule has 2 aromatic carbocycles. The minimum absolute atomic E-state index is 0.0442. The zero-order valence-electron chi connectivity index (χ0n) is 22.4. The standard InChI is InChI=1S/C31H38N2O4/c1-5-21(6-2)18-32-30(34)23-13-14-27-26(15-22-9-7-8-10-22)20-33(28(27)16-23)19-25-12-11-24(31(35)37-4)17-29(25)36-3/h11-17,20-21H,5-10,18-19H2,1-4H3,(H,32,34). The van der Waals surface area contributed by atoms with Gasteiger partial charge in [0, 0.05) is 34.8 Å². The fourth-order valence-corrected chi connectivity index (χ4v) is 5.12. The first-order valence-electron chi connectivity index (χ1n) is 13.3. The van der Waals surface area contributed by atoms with E-state index in [1.54, 1.807) is 19.2 Å². The van der Waals surface area contributed by atoms with Gasteiger partial charge in [-0.3, -0.25) is 4.79 Å². The maximum absolute atomic E-state index is 13.0. The number of methoxy groups -OCH3 is 2. The SMILES string of the molecule is CCC(CC)CNC(=O)c1ccc2c(C=C3CCCC3)cn(Cc3ccc(C(=O)OC)cc3OC)c2c1. The van der Waals surface area contributed by atoms with E-state index in [1.165, 1.54) is 31.1 Å². The maximum Gasteiger partial charge on any atom is 0.337 e. The molecule has 6 nitrogen and oxygen atoms in total. The third-order valence-corrected chi connectivity index (χ3v) is 7.54. The Labute approximate surface area is 219 Å². The van der Waals surface area contributed by atoms with Crippen molar-refractivity contribution in [1.29, 1.82) is 0 Å². The lowest BCUT2D eigenvalue weighted by atomic mass is 10.0. The van der Waals surface area contributed by atoms with E-state index in [0.717, 1.165) is 42.1 Å². The summed E-state index contributed by atoms with van der Waals surface area (Å²) < 4.78 is 12.6. The molecule has 1 amide bonds. The van der Waals surface area contributed by atoms with Crippen molar-refractivity contribution in [2.45, 2.75) is 58.9 Å². The summed E-state index contributed by atoms with van der Waals surface area (Å²) in [6.45, 7) is 5.55. The van der Waals surface area contributed by atoms with Crippen LogP contribution in [-0.4, -0.2) is 37.2 Å². The summed E-state index contributed by atoms with van der Waals surface area (Å²) in [5.41, 5.74) is 5.69. The normalized spacial score (nSPS) is 13.3. The van der Waals surface area contributed by atoms with Gasteiger partial charge in [0.2, 0.25) is 0 Å². The van der Waals surface area contributed by atoms with E-state index < -0.39 is 5.97 Å². The summed E-state index contributed by atoms with van der Waals surface area (Å²) in [5.74, 6) is 0.671. The summed E-state index contributed by atoms with van der Waals surface area (Å²) in [6, 6.07) is 11.4. The summed E-state index contributed by atoms with van der Waals surface area (Å²) in [6.07, 6.45) is 11.4. The number of hydrogen-bond acceptors (Lipinski definition) is 4. The van der Waals surface area contributed by atoms with Crippen LogP contribution in [0.5, 0.6) is 5.75 Å². The van der Waals surface area contributed by atoms with Crippen molar-refractivity contribution in [3.63, 3.8) is 0 Å². The smallest absolute Gasteiger partial charge is 0.337 e. The quantitative estimate of drug-likeness (QED) is 0.317. The number of carbonyl (C=O) groups excluding carboxylic acids is 2. The number of carbonyl (C=O) groups is 2. The van der Waals surface area contributed by atoms with Crippen molar-refractivity contribution >= 4 is 28.9 Å². The van der Waals surface area contributed by atoms with Gasteiger partial charge >= 0.3 is 5.97 Å². The van der Waals surface area contributed by atoms with Gasteiger partial charge in [0.25, 0.3) is 5.91 Å². The molecule has 196 valence electrons. The molecule has 1 saturated carbocycles. The predicted octanol–water partition coefficient (Wildman–Crippen LogP) is 6.61. The Kier molecular flexibility index (Phi) is 8.70. The molecular formula is C31H38N2O4. The van der Waals surface area contributed by atoms with Crippen LogP contribution in [0.4, 0.5) is 0 Å². The van der Waals surface area contributed by atoms with Crippen molar-refractivity contribution in [3.8, 4) is 5.75 Å². The zero-order valence-corrected chi connectivity index (χ0v) is 22.4. The first-order chi connectivity index (χ1) is 18.0. The summed E-state index contributed by atoms with van der Waals surface area (Å²) in [5, 5.41) is 4.24. The van der Waals surface area contributed by atoms with Crippen LogP contribution in [0.3, 0.4) is 0 Å². The van der Waals surface area contributed by atoms with Crippen LogP contribution in [-0.2, 0) is 11.3 Å². The molecule has 4 rings (SSSR count). The van der Waals surface area contributed by atoms with Gasteiger partial charge in [-0.05, 0) is 61.4 Å². The molecule has 37 heavy (non-hydrogen) atoms. The third kappa shape index (κ3) is 6.07. The number of aromatic nitrogens is 1. The van der Waals surface area contributed by atoms with Crippen LogP contribution in [0.25, 0.3) is 17.0 Å². The number of allylic oxidation sites excluding steroid dienone is 1. The van der Waals surface area contributed by atoms with Crippen molar-refractivity contribution in [2.75, 3.05) is 20.8 Å². The van der Waals surface area contributed by atoms with Crippen LogP contribution < -0.4 is 10.1 Å². The molecule has 0 radical (unpaired) electrons. The Bertz CT molecular complexity index is 1290. The highest BCUT2D eigenvalue weighted by molar-refractivity contribution is 6.00. The summed E-state index contributed by atoms with van der Waals surface area (Å²) >= 11 is 0. The lowest BCUT2D eigenvalue weighted by Crippen LogP contribution is -2.28. The lowest BCUT2D eigenvalue weighted by Gasteiger charge is -2.14. The number of esters is 1. The molecule has 0 saturated heterocycles. The van der Waals surface area contributed by atoms with E-state index in [-0.39, 0.29) is 5.91 Å². The number of hydrogen-bond donors (Lipinski definition) is 1. The second-order valence-corrected chi connectivity index (χ2v) is 9.86. The van der Waals surface area contributed by atoms with E-state index in [9.17, 15) is 9.59 Å². The molecule has 1 aliphatic carbocycles. The highest BCUT2D eigenvalue weighted by Gasteiger charge is 2.17. The number of nitrogens with zero attached hydrogens (tertiary/aromatic N) is 1. The third-order valence-electron chi connectivity index (χ3n) is 7.54. The van der Waals surface area contributed by atoms with Gasteiger partial charge in [-0.2, -0.15) is 0 Å². The van der Waals surface area contributed by atoms with Crippen molar-refractivity contribution in [1.82, 2.24) is 9.88 Å². The van der Waals surface area contributed by atoms with E-state index in [2.05, 4.69) is 42.1 Å². The molecule has 1 aromatic heterocycles. The van der Waals surface area contributed by atoms with Gasteiger partial charge in [-0.25, -0.2) is 4.79 Å². The van der Waals surface area contributed by atoms with Gasteiger partial charge in [-0.15, -0.1) is 0 Å². The van der Waals surface area contributed by atoms with Crippen LogP contribution in [0.2, 0.25) is 0 Å². The second kappa shape index (κ2) is 12.1. The number of rotatable bonds is 10. The molecule has 1 fully saturated rings. The second-order valence-electron chi connectivity index (χ2n) is 9.86. The number of ether oxygens (including phenoxy) is 2. The van der Waals surface area contributed by atoms with Crippen molar-refractivity contribution < 1.29 is 19.1 Å². The van der Waals surface area contributed by atoms with Gasteiger partial charge < -0.3 is 19.4 Å². The number of nitrogens with one attached hydrogen (secondary N) is 1. The van der Waals surface area contributed by atoms with Crippen molar-refractivity contribution in [3.05, 3.63) is 70.4 Å². The fourth-order valence-electron chi connectivity index (χ4n) is 5.12. The average molecular weight is 503 g/mol. The van der Waals surface area contributed by atoms with Gasteiger partial charge in [0.1, 0.15) is 5.75 Å². The van der Waals surface area contributed by atoms with Crippen LogP contribution in [0.1, 0.15) is 84.2 Å². The largest absolute Gasteiger partial charge is 0.496 e. The molecular weight excluding hydrogens is 464 g/mol. The molecule has 0 bridgehead atoms. The van der Waals surface area contributed by atoms with Crippen LogP contribution in [0, 0.1) is 5.92 Å². The number of fused-ring (bicyclic) bond motifs is 1. The van der Waals surface area contributed by atoms with E-state index in [1.807, 2.05) is 18.2 Å². The Balaban J connectivity index is 1.71. The molecule has 1 aliphatic rings. The molecule has 3 aromatic rings. The predicted molar refractivity (Wildman–Crippen MR) is 148 cm³/mol. The number of benzene rings is 2. The van der Waals surface area contributed by atoms with Crippen LogP contribution >= 0.6 is 0 Å². The lowest BCUT2D eigenvalue weighted by molar-refractivity contribution is 0.0600. The van der Waals surface area contributed by atoms with Crippen molar-refractivity contribution in [2.24, 2.45) is 5.92 Å². The van der Waals surface area contributed by atoms with Crippen LogP contribution in [0.15, 0.2) is 48.2 Å². The Morgan fingerprint density at radius 2 is 1.76 bits per heavy atom. The molecule has 1 N–H and O–H groups in total. The summed E-state index contributed by atoms with van der Waals surface area (Å²) in [4.78, 5) is 25.0. The first-order valence-corrected chi connectivity index (χ1v) is 13.3. The minimum atomic E-state index is -0.397. The monoisotopic (exact) mass is 502 g/mol. The van der Waals surface area contributed by atoms with E-state index in [4.69, 9.17) is 9.47 Å². The molecule has 0 aliphatic heterocycles. The molecule has 0 unspecified atom stereocenters. The molecule has 6 heteroatoms. The maximum atomic E-state index is 13.0. The topological polar surface area (TPSA) is 69.6 Å². The fraction of sp³-hybridized carbons (Fsp3) is 0.419. The molecule has 1 heterocycles. The van der Waals surface area contributed by atoms with Gasteiger partial charge in [0.15, 0.2) is 0 Å². The highest BCUT2D eigenvalue weighted by Crippen LogP contribution is 2.32. The Hall–Kier alpha value is -3.54. The highest BCUT2D eigenvalue weighted by atomic mass is 16.5. The Morgan fingerprint density at radius 1 is 1.03 bits per heavy atom. The van der Waals surface area contributed by atoms with E-state index >= 15 is 0 Å². The Morgan fingerprint density at radius 3 is 2.43 bits per heavy atom.